The Morgan fingerprint density at radius 1 is 1.56 bits per heavy atom. The van der Waals surface area contributed by atoms with E-state index in [9.17, 15) is 4.79 Å². The lowest BCUT2D eigenvalue weighted by molar-refractivity contribution is -0.121. The zero-order valence-corrected chi connectivity index (χ0v) is 10.5. The number of halogens is 3. The molecule has 0 aliphatic rings. The Morgan fingerprint density at radius 3 is 2.62 bits per heavy atom. The van der Waals surface area contributed by atoms with Crippen molar-refractivity contribution >= 4 is 40.7 Å². The predicted molar refractivity (Wildman–Crippen MR) is 59.2 cm³/mol. The summed E-state index contributed by atoms with van der Waals surface area (Å²) in [5, 5.41) is 18.6. The van der Waals surface area contributed by atoms with Crippen molar-refractivity contribution in [3.05, 3.63) is 11.4 Å². The first-order valence-corrected chi connectivity index (χ1v) is 5.34. The Labute approximate surface area is 106 Å². The number of aliphatic hydroxyl groups is 1. The molecular weight excluding hydrogens is 278 g/mol. The number of hydrogen-bond donors (Lipinski definition) is 2. The summed E-state index contributed by atoms with van der Waals surface area (Å²) in [7, 11) is 1.47. The summed E-state index contributed by atoms with van der Waals surface area (Å²) in [6, 6.07) is 0. The first-order chi connectivity index (χ1) is 7.40. The van der Waals surface area contributed by atoms with Crippen LogP contribution in [0.25, 0.3) is 0 Å². The molecule has 1 amide bonds. The van der Waals surface area contributed by atoms with Crippen LogP contribution >= 0.6 is 34.8 Å². The number of carbonyl (C=O) groups excluding carboxylic acids is 1. The average Bonchev–Trinajstić information content (AvgIpc) is 2.60. The van der Waals surface area contributed by atoms with E-state index >= 15 is 0 Å². The minimum Gasteiger partial charge on any atom is -0.390 e. The van der Waals surface area contributed by atoms with Gasteiger partial charge >= 0.3 is 0 Å². The number of alkyl halides is 3. The Hall–Kier alpha value is -0.560. The van der Waals surface area contributed by atoms with Crippen molar-refractivity contribution in [2.45, 2.75) is 16.9 Å². The molecule has 0 saturated carbocycles. The van der Waals surface area contributed by atoms with Gasteiger partial charge in [-0.3, -0.25) is 4.79 Å². The van der Waals surface area contributed by atoms with E-state index in [1.165, 1.54) is 7.05 Å². The smallest absolute Gasteiger partial charge is 0.241 e. The van der Waals surface area contributed by atoms with E-state index < -0.39 is 10.4 Å². The highest BCUT2D eigenvalue weighted by atomic mass is 35.6. The van der Waals surface area contributed by atoms with Crippen molar-refractivity contribution in [1.82, 2.24) is 20.3 Å². The van der Waals surface area contributed by atoms with Crippen molar-refractivity contribution < 1.29 is 9.90 Å². The molecule has 0 radical (unpaired) electrons. The molecule has 90 valence electrons. The molecule has 0 fully saturated rings. The normalized spacial score (nSPS) is 11.6. The summed E-state index contributed by atoms with van der Waals surface area (Å²) in [6.45, 7) is -0.552. The van der Waals surface area contributed by atoms with Gasteiger partial charge < -0.3 is 10.4 Å². The van der Waals surface area contributed by atoms with Crippen LogP contribution in [0.15, 0.2) is 0 Å². The number of nitrogens with zero attached hydrogens (tertiary/aromatic N) is 3. The van der Waals surface area contributed by atoms with Gasteiger partial charge in [0.05, 0.1) is 6.61 Å². The molecule has 0 atom stereocenters. The highest BCUT2D eigenvalue weighted by molar-refractivity contribution is 6.66. The number of aromatic nitrogens is 3. The number of rotatable bonds is 3. The van der Waals surface area contributed by atoms with Gasteiger partial charge in [0.15, 0.2) is 0 Å². The second kappa shape index (κ2) is 5.18. The van der Waals surface area contributed by atoms with E-state index in [1.54, 1.807) is 0 Å². The molecule has 16 heavy (non-hydrogen) atoms. The Bertz CT molecular complexity index is 387. The summed E-state index contributed by atoms with van der Waals surface area (Å²) in [5.41, 5.74) is 0.215. The van der Waals surface area contributed by atoms with E-state index in [-0.39, 0.29) is 23.8 Å². The molecular formula is C7H9Cl3N4O2. The van der Waals surface area contributed by atoms with Crippen molar-refractivity contribution in [3.8, 4) is 0 Å². The molecule has 2 N–H and O–H groups in total. The molecule has 0 bridgehead atoms. The molecule has 1 aromatic heterocycles. The molecule has 0 aliphatic heterocycles. The maximum absolute atomic E-state index is 11.2. The zero-order valence-electron chi connectivity index (χ0n) is 8.25. The summed E-state index contributed by atoms with van der Waals surface area (Å²) >= 11 is 17.1. The van der Waals surface area contributed by atoms with Crippen LogP contribution < -0.4 is 5.32 Å². The predicted octanol–water partition coefficient (Wildman–Crippen LogP) is 0.343. The minimum absolute atomic E-state index is 0.0867. The molecule has 0 unspecified atom stereocenters. The van der Waals surface area contributed by atoms with Crippen LogP contribution in [0.1, 0.15) is 11.4 Å². The van der Waals surface area contributed by atoms with Gasteiger partial charge in [-0.15, -0.1) is 5.10 Å². The molecule has 1 heterocycles. The van der Waals surface area contributed by atoms with Crippen LogP contribution in [-0.2, 0) is 21.7 Å². The maximum atomic E-state index is 11.2. The third-order valence-electron chi connectivity index (χ3n) is 1.80. The van der Waals surface area contributed by atoms with Gasteiger partial charge in [-0.05, 0) is 0 Å². The van der Waals surface area contributed by atoms with Crippen LogP contribution in [0.3, 0.4) is 0 Å². The van der Waals surface area contributed by atoms with Gasteiger partial charge in [0.2, 0.25) is 9.70 Å². The Kier molecular flexibility index (Phi) is 4.37. The monoisotopic (exact) mass is 286 g/mol. The van der Waals surface area contributed by atoms with Crippen LogP contribution in [-0.4, -0.2) is 33.1 Å². The molecule has 0 aromatic carbocycles. The van der Waals surface area contributed by atoms with Crippen LogP contribution in [0, 0.1) is 0 Å². The van der Waals surface area contributed by atoms with Gasteiger partial charge in [-0.25, -0.2) is 4.68 Å². The molecule has 0 saturated heterocycles. The first kappa shape index (κ1) is 13.5. The summed E-state index contributed by atoms with van der Waals surface area (Å²) in [6.07, 6.45) is 0. The summed E-state index contributed by atoms with van der Waals surface area (Å²) in [4.78, 5) is 11.2. The fourth-order valence-corrected chi connectivity index (χ4v) is 1.71. The van der Waals surface area contributed by atoms with Gasteiger partial charge in [-0.2, -0.15) is 0 Å². The largest absolute Gasteiger partial charge is 0.390 e. The summed E-state index contributed by atoms with van der Waals surface area (Å²) in [5.74, 6) is -0.315. The van der Waals surface area contributed by atoms with Crippen molar-refractivity contribution in [2.24, 2.45) is 0 Å². The highest BCUT2D eigenvalue weighted by Gasteiger charge is 2.32. The number of hydrogen-bond acceptors (Lipinski definition) is 4. The third-order valence-corrected chi connectivity index (χ3v) is 2.33. The van der Waals surface area contributed by atoms with E-state index in [0.717, 1.165) is 4.68 Å². The van der Waals surface area contributed by atoms with Crippen LogP contribution in [0.2, 0.25) is 0 Å². The second-order valence-electron chi connectivity index (χ2n) is 2.87. The van der Waals surface area contributed by atoms with Crippen molar-refractivity contribution in [1.29, 1.82) is 0 Å². The molecule has 1 aromatic rings. The van der Waals surface area contributed by atoms with Crippen molar-refractivity contribution in [2.75, 3.05) is 7.05 Å². The Balaban J connectivity index is 3.10. The lowest BCUT2D eigenvalue weighted by Gasteiger charge is -2.13. The Morgan fingerprint density at radius 2 is 2.19 bits per heavy atom. The number of carbonyl (C=O) groups is 1. The SMILES string of the molecule is CNC(=O)Cn1nnc(CO)c1C(Cl)(Cl)Cl. The average molecular weight is 288 g/mol. The van der Waals surface area contributed by atoms with Gasteiger partial charge in [0, 0.05) is 7.05 Å². The van der Waals surface area contributed by atoms with E-state index in [2.05, 4.69) is 15.6 Å². The van der Waals surface area contributed by atoms with Crippen LogP contribution in [0.4, 0.5) is 0 Å². The fourth-order valence-electron chi connectivity index (χ4n) is 1.09. The molecule has 0 spiro atoms. The topological polar surface area (TPSA) is 80.0 Å². The van der Waals surface area contributed by atoms with Gasteiger partial charge in [0.1, 0.15) is 17.9 Å². The number of likely N-dealkylation sites (N-methyl/N-ethyl adjacent to an activating group) is 1. The molecule has 9 heteroatoms. The number of amides is 1. The van der Waals surface area contributed by atoms with Gasteiger partial charge in [-0.1, -0.05) is 40.0 Å². The maximum Gasteiger partial charge on any atom is 0.241 e. The first-order valence-electron chi connectivity index (χ1n) is 4.21. The molecule has 6 nitrogen and oxygen atoms in total. The minimum atomic E-state index is -1.80. The van der Waals surface area contributed by atoms with Gasteiger partial charge in [0.25, 0.3) is 0 Å². The zero-order chi connectivity index (χ0) is 12.3. The van der Waals surface area contributed by atoms with Crippen molar-refractivity contribution in [3.63, 3.8) is 0 Å². The van der Waals surface area contributed by atoms with E-state index in [4.69, 9.17) is 39.9 Å². The summed E-state index contributed by atoms with van der Waals surface area (Å²) < 4.78 is -0.660. The highest BCUT2D eigenvalue weighted by Crippen LogP contribution is 2.39. The fraction of sp³-hybridized carbons (Fsp3) is 0.571. The molecule has 0 aliphatic carbocycles. The quantitative estimate of drug-likeness (QED) is 0.786. The lowest BCUT2D eigenvalue weighted by atomic mass is 10.3. The second-order valence-corrected chi connectivity index (χ2v) is 5.15. The van der Waals surface area contributed by atoms with E-state index in [1.807, 2.05) is 0 Å². The molecule has 1 rings (SSSR count). The third kappa shape index (κ3) is 2.98. The number of nitrogens with one attached hydrogen (secondary N) is 1. The van der Waals surface area contributed by atoms with Crippen LogP contribution in [0.5, 0.6) is 0 Å². The standard InChI is InChI=1S/C7H9Cl3N4O2/c1-11-5(16)2-14-6(7(8,9)10)4(3-15)12-13-14/h15H,2-3H2,1H3,(H,11,16). The lowest BCUT2D eigenvalue weighted by Crippen LogP contribution is -2.26. The number of aliphatic hydroxyl groups excluding tert-OH is 1. The van der Waals surface area contributed by atoms with E-state index in [0.29, 0.717) is 0 Å².